The summed E-state index contributed by atoms with van der Waals surface area (Å²) in [7, 11) is 0. The van der Waals surface area contributed by atoms with Crippen molar-refractivity contribution in [3.63, 3.8) is 0 Å². The third-order valence-corrected chi connectivity index (χ3v) is 3.56. The average molecular weight is 272 g/mol. The van der Waals surface area contributed by atoms with Gasteiger partial charge in [-0.05, 0) is 31.0 Å². The van der Waals surface area contributed by atoms with Crippen molar-refractivity contribution in [1.82, 2.24) is 5.32 Å². The number of benzene rings is 1. The summed E-state index contributed by atoms with van der Waals surface area (Å²) in [5.74, 6) is -0.240. The van der Waals surface area contributed by atoms with Gasteiger partial charge in [0.25, 0.3) is 0 Å². The first-order valence-corrected chi connectivity index (χ1v) is 6.72. The summed E-state index contributed by atoms with van der Waals surface area (Å²) < 4.78 is 13.8. The monoisotopic (exact) mass is 271 g/mol. The first kappa shape index (κ1) is 13.6. The van der Waals surface area contributed by atoms with Gasteiger partial charge in [0.2, 0.25) is 0 Å². The van der Waals surface area contributed by atoms with E-state index in [9.17, 15) is 4.39 Å². The van der Waals surface area contributed by atoms with Gasteiger partial charge < -0.3 is 16.0 Å². The Balaban J connectivity index is 1.93. The Kier molecular flexibility index (Phi) is 4.80. The average Bonchev–Trinajstić information content (AvgIpc) is 2.37. The van der Waals surface area contributed by atoms with Gasteiger partial charge in [0, 0.05) is 37.2 Å². The molecule has 0 bridgehead atoms. The van der Waals surface area contributed by atoms with Gasteiger partial charge in [-0.2, -0.15) is 0 Å². The number of nitrogens with zero attached hydrogens (tertiary/aromatic N) is 1. The van der Waals surface area contributed by atoms with Gasteiger partial charge in [0.15, 0.2) is 0 Å². The largest absolute Gasteiger partial charge is 0.369 e. The van der Waals surface area contributed by atoms with E-state index in [0.717, 1.165) is 32.5 Å². The van der Waals surface area contributed by atoms with E-state index in [1.807, 2.05) is 0 Å². The van der Waals surface area contributed by atoms with Crippen LogP contribution in [0.1, 0.15) is 12.8 Å². The zero-order valence-corrected chi connectivity index (χ0v) is 11.1. The predicted octanol–water partition coefficient (Wildman–Crippen LogP) is 2.00. The van der Waals surface area contributed by atoms with Crippen LogP contribution in [0.2, 0.25) is 5.02 Å². The van der Waals surface area contributed by atoms with E-state index < -0.39 is 0 Å². The summed E-state index contributed by atoms with van der Waals surface area (Å²) >= 11 is 5.76. The van der Waals surface area contributed by atoms with Gasteiger partial charge in [-0.3, -0.25) is 0 Å². The Bertz CT molecular complexity index is 392. The van der Waals surface area contributed by atoms with E-state index in [4.69, 9.17) is 17.3 Å². The molecule has 1 saturated heterocycles. The molecule has 5 heteroatoms. The van der Waals surface area contributed by atoms with Gasteiger partial charge in [0.05, 0.1) is 5.69 Å². The Hall–Kier alpha value is -0.840. The molecule has 0 spiro atoms. The molecule has 0 aromatic heterocycles. The highest BCUT2D eigenvalue weighted by Crippen LogP contribution is 2.25. The van der Waals surface area contributed by atoms with E-state index in [-0.39, 0.29) is 5.82 Å². The number of nitrogens with one attached hydrogen (secondary N) is 1. The molecule has 0 unspecified atom stereocenters. The normalized spacial score (nSPS) is 17.2. The molecule has 2 rings (SSSR count). The van der Waals surface area contributed by atoms with E-state index in [2.05, 4.69) is 10.2 Å². The molecule has 0 amide bonds. The molecule has 0 radical (unpaired) electrons. The number of hydrogen-bond donors (Lipinski definition) is 2. The lowest BCUT2D eigenvalue weighted by atomic mass is 10.0. The number of hydrogen-bond acceptors (Lipinski definition) is 3. The molecule has 3 N–H and O–H groups in total. The highest BCUT2D eigenvalue weighted by Gasteiger charge is 2.20. The molecule has 1 fully saturated rings. The second-order valence-electron chi connectivity index (χ2n) is 4.60. The lowest BCUT2D eigenvalue weighted by Crippen LogP contribution is -2.44. The second-order valence-corrected chi connectivity index (χ2v) is 5.04. The van der Waals surface area contributed by atoms with Gasteiger partial charge in [0.1, 0.15) is 5.82 Å². The van der Waals surface area contributed by atoms with Gasteiger partial charge in [-0.1, -0.05) is 11.6 Å². The Morgan fingerprint density at radius 1 is 1.39 bits per heavy atom. The van der Waals surface area contributed by atoms with Crippen molar-refractivity contribution in [2.75, 3.05) is 31.1 Å². The van der Waals surface area contributed by atoms with Crippen LogP contribution in [0, 0.1) is 5.82 Å². The van der Waals surface area contributed by atoms with Crippen LogP contribution in [0.15, 0.2) is 18.2 Å². The summed E-state index contributed by atoms with van der Waals surface area (Å²) in [6.07, 6.45) is 2.03. The number of halogens is 2. The first-order chi connectivity index (χ1) is 8.70. The van der Waals surface area contributed by atoms with Crippen molar-refractivity contribution in [3.05, 3.63) is 29.0 Å². The number of rotatable bonds is 4. The fourth-order valence-corrected chi connectivity index (χ4v) is 2.51. The molecular weight excluding hydrogens is 253 g/mol. The molecule has 1 aliphatic rings. The maximum absolute atomic E-state index is 13.8. The molecule has 100 valence electrons. The Morgan fingerprint density at radius 3 is 2.72 bits per heavy atom. The maximum atomic E-state index is 13.8. The smallest absolute Gasteiger partial charge is 0.147 e. The fraction of sp³-hybridized carbons (Fsp3) is 0.538. The van der Waals surface area contributed by atoms with Gasteiger partial charge >= 0.3 is 0 Å². The number of piperidine rings is 1. The van der Waals surface area contributed by atoms with Crippen molar-refractivity contribution in [1.29, 1.82) is 0 Å². The van der Waals surface area contributed by atoms with Crippen LogP contribution in [0.4, 0.5) is 10.1 Å². The third kappa shape index (κ3) is 3.34. The molecule has 18 heavy (non-hydrogen) atoms. The third-order valence-electron chi connectivity index (χ3n) is 3.32. The summed E-state index contributed by atoms with van der Waals surface area (Å²) in [6, 6.07) is 5.36. The molecule has 0 saturated carbocycles. The summed E-state index contributed by atoms with van der Waals surface area (Å²) in [4.78, 5) is 2.08. The lowest BCUT2D eigenvalue weighted by molar-refractivity contribution is 0.417. The topological polar surface area (TPSA) is 41.3 Å². The number of nitrogens with two attached hydrogens (primary N) is 1. The highest BCUT2D eigenvalue weighted by atomic mass is 35.5. The van der Waals surface area contributed by atoms with E-state index in [0.29, 0.717) is 23.3 Å². The molecule has 1 aromatic carbocycles. The predicted molar refractivity (Wildman–Crippen MR) is 73.7 cm³/mol. The molecule has 1 aliphatic heterocycles. The van der Waals surface area contributed by atoms with E-state index >= 15 is 0 Å². The van der Waals surface area contributed by atoms with Crippen LogP contribution in [0.25, 0.3) is 0 Å². The first-order valence-electron chi connectivity index (χ1n) is 6.34. The molecule has 1 aromatic rings. The van der Waals surface area contributed by atoms with E-state index in [1.54, 1.807) is 12.1 Å². The van der Waals surface area contributed by atoms with Crippen molar-refractivity contribution in [3.8, 4) is 0 Å². The minimum atomic E-state index is -0.240. The molecule has 3 nitrogen and oxygen atoms in total. The summed E-state index contributed by atoms with van der Waals surface area (Å²) in [5, 5.41) is 3.84. The zero-order valence-electron chi connectivity index (χ0n) is 10.3. The van der Waals surface area contributed by atoms with Crippen molar-refractivity contribution < 1.29 is 4.39 Å². The van der Waals surface area contributed by atoms with E-state index in [1.165, 1.54) is 6.07 Å². The van der Waals surface area contributed by atoms with Gasteiger partial charge in [-0.25, -0.2) is 4.39 Å². The van der Waals surface area contributed by atoms with Crippen LogP contribution in [-0.2, 0) is 0 Å². The SMILES string of the molecule is NCCNC1CCN(c2ccc(Cl)cc2F)CC1. The second kappa shape index (κ2) is 6.36. The van der Waals surface area contributed by atoms with Crippen LogP contribution in [0.5, 0.6) is 0 Å². The quantitative estimate of drug-likeness (QED) is 0.880. The lowest BCUT2D eigenvalue weighted by Gasteiger charge is -2.34. The summed E-state index contributed by atoms with van der Waals surface area (Å²) in [6.45, 7) is 3.23. The number of anilines is 1. The van der Waals surface area contributed by atoms with Crippen LogP contribution < -0.4 is 16.0 Å². The highest BCUT2D eigenvalue weighted by molar-refractivity contribution is 6.30. The molecule has 0 atom stereocenters. The van der Waals surface area contributed by atoms with Crippen LogP contribution in [-0.4, -0.2) is 32.2 Å². The summed E-state index contributed by atoms with van der Waals surface area (Å²) in [5.41, 5.74) is 6.11. The molecule has 0 aliphatic carbocycles. The van der Waals surface area contributed by atoms with Crippen molar-refractivity contribution >= 4 is 17.3 Å². The standard InChI is InChI=1S/C13H19ClFN3/c14-10-1-2-13(12(15)9-10)18-7-3-11(4-8-18)17-6-5-16/h1-2,9,11,17H,3-8,16H2. The molecule has 1 heterocycles. The maximum Gasteiger partial charge on any atom is 0.147 e. The minimum absolute atomic E-state index is 0.240. The Labute approximate surface area is 112 Å². The van der Waals surface area contributed by atoms with Crippen LogP contribution >= 0.6 is 11.6 Å². The van der Waals surface area contributed by atoms with Gasteiger partial charge in [-0.15, -0.1) is 0 Å². The zero-order chi connectivity index (χ0) is 13.0. The van der Waals surface area contributed by atoms with Crippen molar-refractivity contribution in [2.45, 2.75) is 18.9 Å². The van der Waals surface area contributed by atoms with Crippen molar-refractivity contribution in [2.24, 2.45) is 5.73 Å². The van der Waals surface area contributed by atoms with Crippen LogP contribution in [0.3, 0.4) is 0 Å². The fourth-order valence-electron chi connectivity index (χ4n) is 2.35. The minimum Gasteiger partial charge on any atom is -0.369 e. The molecular formula is C13H19ClFN3. The Morgan fingerprint density at radius 2 is 2.11 bits per heavy atom.